The smallest absolute Gasteiger partial charge is 0.414 e. The summed E-state index contributed by atoms with van der Waals surface area (Å²) in [5.41, 5.74) is -0.405. The number of halogens is 4. The first-order chi connectivity index (χ1) is 7.30. The molecule has 0 aliphatic heterocycles. The molecule has 1 aromatic heterocycles. The lowest BCUT2D eigenvalue weighted by Crippen LogP contribution is -2.37. The highest BCUT2D eigenvalue weighted by molar-refractivity contribution is 9.10. The van der Waals surface area contributed by atoms with Gasteiger partial charge in [0.05, 0.1) is 5.69 Å². The summed E-state index contributed by atoms with van der Waals surface area (Å²) in [6, 6.07) is 0.126. The van der Waals surface area contributed by atoms with Crippen LogP contribution in [-0.4, -0.2) is 22.4 Å². The van der Waals surface area contributed by atoms with Crippen molar-refractivity contribution in [2.75, 3.05) is 0 Å². The van der Waals surface area contributed by atoms with E-state index in [4.69, 9.17) is 5.11 Å². The molecule has 8 heteroatoms. The van der Waals surface area contributed by atoms with Crippen LogP contribution in [-0.2, 0) is 0 Å². The normalized spacial score (nSPS) is 13.2. The third-order valence-electron chi connectivity index (χ3n) is 1.64. The predicted octanol–water partition coefficient (Wildman–Crippen LogP) is 2.72. The van der Waals surface area contributed by atoms with Crippen molar-refractivity contribution >= 4 is 22.0 Å². The minimum Gasteiger partial charge on any atom is -0.465 e. The highest BCUT2D eigenvalue weighted by Crippen LogP contribution is 2.31. The van der Waals surface area contributed by atoms with E-state index in [1.807, 2.05) is 0 Å². The Morgan fingerprint density at radius 3 is 2.50 bits per heavy atom. The molecule has 0 radical (unpaired) electrons. The monoisotopic (exact) mass is 298 g/mol. The molecule has 16 heavy (non-hydrogen) atoms. The van der Waals surface area contributed by atoms with Gasteiger partial charge in [-0.2, -0.15) is 13.2 Å². The number of hydrogen-bond donors (Lipinski definition) is 2. The molecule has 0 saturated carbocycles. The van der Waals surface area contributed by atoms with E-state index >= 15 is 0 Å². The van der Waals surface area contributed by atoms with Gasteiger partial charge in [0.15, 0.2) is 6.04 Å². The summed E-state index contributed by atoms with van der Waals surface area (Å²) < 4.78 is 38.0. The van der Waals surface area contributed by atoms with Crippen LogP contribution in [0.5, 0.6) is 0 Å². The molecule has 4 nitrogen and oxygen atoms in total. The van der Waals surface area contributed by atoms with Crippen LogP contribution in [0.1, 0.15) is 11.7 Å². The van der Waals surface area contributed by atoms with Crippen LogP contribution in [0.4, 0.5) is 18.0 Å². The van der Waals surface area contributed by atoms with Crippen molar-refractivity contribution in [1.82, 2.24) is 10.3 Å². The summed E-state index contributed by atoms with van der Waals surface area (Å²) in [7, 11) is 0. The van der Waals surface area contributed by atoms with E-state index < -0.39 is 24.0 Å². The third kappa shape index (κ3) is 3.37. The Balaban J connectivity index is 3.01. The SMILES string of the molecule is O=C(O)NC(c1ccc(Br)cn1)C(F)(F)F. The second-order valence-corrected chi connectivity index (χ2v) is 3.74. The van der Waals surface area contributed by atoms with Gasteiger partial charge in [0.2, 0.25) is 0 Å². The molecule has 0 saturated heterocycles. The van der Waals surface area contributed by atoms with Gasteiger partial charge in [-0.25, -0.2) is 4.79 Å². The lowest BCUT2D eigenvalue weighted by Gasteiger charge is -2.19. The first-order valence-corrected chi connectivity index (χ1v) is 4.77. The first-order valence-electron chi connectivity index (χ1n) is 3.98. The van der Waals surface area contributed by atoms with Gasteiger partial charge in [-0.05, 0) is 28.1 Å². The van der Waals surface area contributed by atoms with Crippen molar-refractivity contribution in [3.05, 3.63) is 28.5 Å². The van der Waals surface area contributed by atoms with Crippen molar-refractivity contribution in [3.63, 3.8) is 0 Å². The van der Waals surface area contributed by atoms with Gasteiger partial charge >= 0.3 is 12.3 Å². The molecule has 88 valence electrons. The van der Waals surface area contributed by atoms with Gasteiger partial charge in [-0.15, -0.1) is 0 Å². The largest absolute Gasteiger partial charge is 0.465 e. The highest BCUT2D eigenvalue weighted by atomic mass is 79.9. The fourth-order valence-electron chi connectivity index (χ4n) is 1.00. The molecule has 0 aliphatic carbocycles. The van der Waals surface area contributed by atoms with Crippen LogP contribution >= 0.6 is 15.9 Å². The number of amides is 1. The van der Waals surface area contributed by atoms with E-state index in [2.05, 4.69) is 20.9 Å². The minimum atomic E-state index is -4.72. The lowest BCUT2D eigenvalue weighted by molar-refractivity contribution is -0.156. The van der Waals surface area contributed by atoms with Crippen molar-refractivity contribution in [1.29, 1.82) is 0 Å². The van der Waals surface area contributed by atoms with Crippen molar-refractivity contribution in [2.24, 2.45) is 0 Å². The zero-order valence-corrected chi connectivity index (χ0v) is 9.21. The molecular formula is C8H6BrF3N2O2. The Morgan fingerprint density at radius 1 is 1.50 bits per heavy atom. The van der Waals surface area contributed by atoms with Crippen molar-refractivity contribution in [2.45, 2.75) is 12.2 Å². The van der Waals surface area contributed by atoms with Gasteiger partial charge in [0, 0.05) is 10.7 Å². The van der Waals surface area contributed by atoms with Gasteiger partial charge in [0.1, 0.15) is 0 Å². The Labute approximate surface area is 96.6 Å². The quantitative estimate of drug-likeness (QED) is 0.882. The Hall–Kier alpha value is -1.31. The molecule has 1 aromatic rings. The molecular weight excluding hydrogens is 293 g/mol. The fraction of sp³-hybridized carbons (Fsp3) is 0.250. The molecule has 1 unspecified atom stereocenters. The molecule has 1 atom stereocenters. The average molecular weight is 299 g/mol. The number of nitrogens with zero attached hydrogens (tertiary/aromatic N) is 1. The van der Waals surface area contributed by atoms with Gasteiger partial charge < -0.3 is 10.4 Å². The summed E-state index contributed by atoms with van der Waals surface area (Å²) in [6.07, 6.45) is -5.32. The molecule has 0 aliphatic rings. The number of pyridine rings is 1. The lowest BCUT2D eigenvalue weighted by atomic mass is 10.2. The zero-order chi connectivity index (χ0) is 12.3. The van der Waals surface area contributed by atoms with Crippen molar-refractivity contribution in [3.8, 4) is 0 Å². The van der Waals surface area contributed by atoms with E-state index in [9.17, 15) is 18.0 Å². The van der Waals surface area contributed by atoms with Crippen LogP contribution in [0.2, 0.25) is 0 Å². The maximum Gasteiger partial charge on any atom is 0.414 e. The second kappa shape index (κ2) is 4.69. The fourth-order valence-corrected chi connectivity index (χ4v) is 1.24. The molecule has 1 rings (SSSR count). The van der Waals surface area contributed by atoms with Gasteiger partial charge in [0.25, 0.3) is 0 Å². The number of alkyl halides is 3. The van der Waals surface area contributed by atoms with Gasteiger partial charge in [-0.1, -0.05) is 0 Å². The molecule has 0 fully saturated rings. The van der Waals surface area contributed by atoms with E-state index in [0.29, 0.717) is 4.47 Å². The summed E-state index contributed by atoms with van der Waals surface area (Å²) in [5, 5.41) is 9.68. The highest BCUT2D eigenvalue weighted by Gasteiger charge is 2.42. The van der Waals surface area contributed by atoms with E-state index in [1.165, 1.54) is 11.4 Å². The van der Waals surface area contributed by atoms with Crippen LogP contribution in [0, 0.1) is 0 Å². The zero-order valence-electron chi connectivity index (χ0n) is 7.62. The summed E-state index contributed by atoms with van der Waals surface area (Å²) in [4.78, 5) is 13.8. The Bertz CT molecular complexity index is 380. The number of aromatic nitrogens is 1. The number of rotatable bonds is 2. The second-order valence-electron chi connectivity index (χ2n) is 2.83. The molecule has 2 N–H and O–H groups in total. The van der Waals surface area contributed by atoms with E-state index in [1.54, 1.807) is 0 Å². The Morgan fingerprint density at radius 2 is 2.12 bits per heavy atom. The average Bonchev–Trinajstić information content (AvgIpc) is 2.14. The van der Waals surface area contributed by atoms with Gasteiger partial charge in [-0.3, -0.25) is 4.98 Å². The molecule has 0 aromatic carbocycles. The van der Waals surface area contributed by atoms with E-state index in [-0.39, 0.29) is 0 Å². The predicted molar refractivity (Wildman–Crippen MR) is 51.9 cm³/mol. The van der Waals surface area contributed by atoms with Crippen molar-refractivity contribution < 1.29 is 23.1 Å². The molecule has 1 heterocycles. The third-order valence-corrected chi connectivity index (χ3v) is 2.11. The first kappa shape index (κ1) is 12.8. The topological polar surface area (TPSA) is 62.2 Å². The summed E-state index contributed by atoms with van der Waals surface area (Å²) in [5.74, 6) is 0. The number of carboxylic acid groups (broad SMARTS) is 1. The number of carbonyl (C=O) groups is 1. The standard InChI is InChI=1S/C8H6BrF3N2O2/c9-4-1-2-5(13-3-4)6(8(10,11)12)14-7(15)16/h1-3,6,14H,(H,15,16). The number of hydrogen-bond acceptors (Lipinski definition) is 2. The summed E-state index contributed by atoms with van der Waals surface area (Å²) >= 11 is 3.02. The molecule has 0 spiro atoms. The maximum atomic E-state index is 12.5. The van der Waals surface area contributed by atoms with E-state index in [0.717, 1.165) is 12.3 Å². The van der Waals surface area contributed by atoms with Crippen LogP contribution < -0.4 is 5.32 Å². The van der Waals surface area contributed by atoms with Crippen LogP contribution in [0.15, 0.2) is 22.8 Å². The molecule has 0 bridgehead atoms. The maximum absolute atomic E-state index is 12.5. The molecule has 1 amide bonds. The summed E-state index contributed by atoms with van der Waals surface area (Å²) in [6.45, 7) is 0. The number of nitrogens with one attached hydrogen (secondary N) is 1. The van der Waals surface area contributed by atoms with Crippen LogP contribution in [0.25, 0.3) is 0 Å². The Kier molecular flexibility index (Phi) is 3.74. The van der Waals surface area contributed by atoms with Crippen LogP contribution in [0.3, 0.4) is 0 Å². The minimum absolute atomic E-state index is 0.405.